The molecule has 1 aromatic rings. The van der Waals surface area contributed by atoms with Crippen molar-refractivity contribution < 1.29 is 13.9 Å². The minimum atomic E-state index is -1.08. The molecule has 1 saturated carbocycles. The lowest BCUT2D eigenvalue weighted by atomic mass is 9.89. The molecule has 3 rings (SSSR count). The number of nitrogens with zero attached hydrogens (tertiary/aromatic N) is 2. The van der Waals surface area contributed by atoms with Crippen LogP contribution in [-0.2, 0) is 0 Å². The van der Waals surface area contributed by atoms with Gasteiger partial charge in [0.25, 0.3) is 0 Å². The maximum atomic E-state index is 13.6. The Balaban J connectivity index is 2.19. The van der Waals surface area contributed by atoms with E-state index in [1.807, 2.05) is 6.07 Å². The molecule has 0 bridgehead atoms. The summed E-state index contributed by atoms with van der Waals surface area (Å²) in [5, 5.41) is 21.5. The first-order valence-corrected chi connectivity index (χ1v) is 6.73. The second-order valence-electron chi connectivity index (χ2n) is 5.48. The van der Waals surface area contributed by atoms with E-state index in [0.717, 1.165) is 31.4 Å². The van der Waals surface area contributed by atoms with E-state index in [1.54, 1.807) is 0 Å². The average Bonchev–Trinajstić information content (AvgIpc) is 3.02. The predicted molar refractivity (Wildman–Crippen MR) is 71.0 cm³/mol. The van der Waals surface area contributed by atoms with Crippen molar-refractivity contribution in [1.29, 1.82) is 5.26 Å². The van der Waals surface area contributed by atoms with Gasteiger partial charge in [-0.05, 0) is 47.9 Å². The number of fused-ring (bicyclic) bond motifs is 1. The summed E-state index contributed by atoms with van der Waals surface area (Å²) >= 11 is 0. The maximum absolute atomic E-state index is 13.6. The topological polar surface area (TPSA) is 73.4 Å². The van der Waals surface area contributed by atoms with Crippen molar-refractivity contribution >= 4 is 5.57 Å². The molecule has 3 atom stereocenters. The molecule has 0 saturated heterocycles. The molecule has 0 aromatic heterocycles. The molecular formula is C15H12F2N2O2. The number of phenolic OH excluding ortho intramolecular Hbond substituents is 1. The van der Waals surface area contributed by atoms with Gasteiger partial charge in [-0.3, -0.25) is 0 Å². The zero-order valence-electron chi connectivity index (χ0n) is 11.0. The molecule has 6 heteroatoms. The van der Waals surface area contributed by atoms with E-state index in [1.165, 1.54) is 0 Å². The highest BCUT2D eigenvalue weighted by molar-refractivity contribution is 5.78. The van der Waals surface area contributed by atoms with Crippen LogP contribution in [0.3, 0.4) is 0 Å². The third kappa shape index (κ3) is 1.92. The molecule has 0 amide bonds. The van der Waals surface area contributed by atoms with E-state index in [9.17, 15) is 24.1 Å². The fraction of sp³-hybridized carbons (Fsp3) is 0.400. The van der Waals surface area contributed by atoms with Crippen LogP contribution in [0.1, 0.15) is 24.8 Å². The van der Waals surface area contributed by atoms with Gasteiger partial charge < -0.3 is 5.11 Å². The van der Waals surface area contributed by atoms with Crippen LogP contribution >= 0.6 is 0 Å². The molecule has 0 aliphatic heterocycles. The highest BCUT2D eigenvalue weighted by atomic mass is 19.1. The largest absolute Gasteiger partial charge is 0.503 e. The average molecular weight is 290 g/mol. The molecule has 1 N–H and O–H groups in total. The van der Waals surface area contributed by atoms with E-state index in [4.69, 9.17) is 0 Å². The van der Waals surface area contributed by atoms with Crippen LogP contribution in [0, 0.1) is 39.7 Å². The number of hydrogen-bond acceptors (Lipinski definition) is 4. The van der Waals surface area contributed by atoms with Gasteiger partial charge in [0, 0.05) is 0 Å². The summed E-state index contributed by atoms with van der Waals surface area (Å²) in [6.45, 7) is 0. The summed E-state index contributed by atoms with van der Waals surface area (Å²) < 4.78 is 27.1. The van der Waals surface area contributed by atoms with Gasteiger partial charge in [0.1, 0.15) is 6.04 Å². The Morgan fingerprint density at radius 3 is 2.52 bits per heavy atom. The lowest BCUT2D eigenvalue weighted by molar-refractivity contribution is 0.395. The van der Waals surface area contributed by atoms with Gasteiger partial charge >= 0.3 is 0 Å². The van der Waals surface area contributed by atoms with Crippen LogP contribution in [0.2, 0.25) is 0 Å². The molecule has 1 fully saturated rings. The molecule has 108 valence electrons. The van der Waals surface area contributed by atoms with Gasteiger partial charge in [0.2, 0.25) is 0 Å². The summed E-state index contributed by atoms with van der Waals surface area (Å²) in [5.41, 5.74) is 0.911. The van der Waals surface area contributed by atoms with Crippen LogP contribution in [-0.4, -0.2) is 11.1 Å². The molecule has 0 radical (unpaired) electrons. The number of halogens is 2. The maximum Gasteiger partial charge on any atom is 0.187 e. The van der Waals surface area contributed by atoms with Crippen molar-refractivity contribution in [3.8, 4) is 11.8 Å². The molecule has 0 spiro atoms. The van der Waals surface area contributed by atoms with Crippen molar-refractivity contribution in [2.45, 2.75) is 25.3 Å². The molecule has 21 heavy (non-hydrogen) atoms. The van der Waals surface area contributed by atoms with E-state index in [0.29, 0.717) is 5.57 Å². The Morgan fingerprint density at radius 2 is 1.95 bits per heavy atom. The fourth-order valence-electron chi connectivity index (χ4n) is 3.65. The van der Waals surface area contributed by atoms with Crippen LogP contribution in [0.4, 0.5) is 8.78 Å². The Kier molecular flexibility index (Phi) is 3.20. The van der Waals surface area contributed by atoms with Gasteiger partial charge in [0.15, 0.2) is 17.4 Å². The van der Waals surface area contributed by atoms with Gasteiger partial charge in [0.05, 0.1) is 11.6 Å². The quantitative estimate of drug-likeness (QED) is 0.847. The summed E-state index contributed by atoms with van der Waals surface area (Å²) in [4.78, 5) is 11.1. The number of hydrogen-bond donors (Lipinski definition) is 1. The first-order valence-electron chi connectivity index (χ1n) is 6.73. The molecule has 2 aliphatic carbocycles. The van der Waals surface area contributed by atoms with E-state index in [-0.39, 0.29) is 23.0 Å². The number of benzene rings is 1. The number of nitroso groups, excluding NO2 is 1. The van der Waals surface area contributed by atoms with Crippen LogP contribution in [0.15, 0.2) is 22.9 Å². The Bertz CT molecular complexity index is 670. The third-order valence-corrected chi connectivity index (χ3v) is 4.49. The normalized spacial score (nSPS) is 27.6. The van der Waals surface area contributed by atoms with Crippen molar-refractivity contribution in [3.63, 3.8) is 0 Å². The van der Waals surface area contributed by atoms with Crippen molar-refractivity contribution in [3.05, 3.63) is 39.8 Å². The summed E-state index contributed by atoms with van der Waals surface area (Å²) in [5.74, 6) is -3.33. The van der Waals surface area contributed by atoms with Crippen LogP contribution in [0.25, 0.3) is 5.57 Å². The summed E-state index contributed by atoms with van der Waals surface area (Å²) in [7, 11) is 0. The number of nitriles is 1. The van der Waals surface area contributed by atoms with E-state index in [2.05, 4.69) is 5.18 Å². The van der Waals surface area contributed by atoms with E-state index < -0.39 is 23.4 Å². The van der Waals surface area contributed by atoms with Gasteiger partial charge in [-0.15, -0.1) is 0 Å². The first-order chi connectivity index (χ1) is 10.1. The molecule has 3 unspecified atom stereocenters. The molecule has 4 nitrogen and oxygen atoms in total. The standard InChI is InChI=1S/C15H12F2N2O2/c16-11-4-7(5-12(17)15(11)20)13-8-2-1-3-9(8)14(19-21)10(13)6-18/h4-5,8-9,14,20H,1-3H2. The van der Waals surface area contributed by atoms with Crippen LogP contribution in [0.5, 0.6) is 5.75 Å². The van der Waals surface area contributed by atoms with E-state index >= 15 is 0 Å². The number of allylic oxidation sites excluding steroid dienone is 1. The van der Waals surface area contributed by atoms with Gasteiger partial charge in [-0.1, -0.05) is 11.6 Å². The Labute approximate surface area is 119 Å². The zero-order valence-corrected chi connectivity index (χ0v) is 11.0. The van der Waals surface area contributed by atoms with Crippen LogP contribution < -0.4 is 0 Å². The highest BCUT2D eigenvalue weighted by Crippen LogP contribution is 2.52. The monoisotopic (exact) mass is 290 g/mol. The smallest absolute Gasteiger partial charge is 0.187 e. The SMILES string of the molecule is N#CC1=C(c2cc(F)c(O)c(F)c2)C2CCCC2C1N=O. The van der Waals surface area contributed by atoms with Gasteiger partial charge in [-0.2, -0.15) is 10.2 Å². The molecule has 0 heterocycles. The van der Waals surface area contributed by atoms with Crippen molar-refractivity contribution in [1.82, 2.24) is 0 Å². The van der Waals surface area contributed by atoms with Crippen molar-refractivity contribution in [2.75, 3.05) is 0 Å². The fourth-order valence-corrected chi connectivity index (χ4v) is 3.65. The molecular weight excluding hydrogens is 278 g/mol. The number of rotatable bonds is 2. The summed E-state index contributed by atoms with van der Waals surface area (Å²) in [6.07, 6.45) is 2.44. The molecule has 2 aliphatic rings. The lowest BCUT2D eigenvalue weighted by Gasteiger charge is -2.15. The Hall–Kier alpha value is -2.29. The second kappa shape index (κ2) is 4.92. The second-order valence-corrected chi connectivity index (χ2v) is 5.48. The minimum absolute atomic E-state index is 0.0629. The zero-order chi connectivity index (χ0) is 15.1. The summed E-state index contributed by atoms with van der Waals surface area (Å²) in [6, 6.07) is 3.25. The highest BCUT2D eigenvalue weighted by Gasteiger charge is 2.46. The molecule has 1 aromatic carbocycles. The van der Waals surface area contributed by atoms with Crippen molar-refractivity contribution in [2.24, 2.45) is 17.0 Å². The number of aromatic hydroxyl groups is 1. The third-order valence-electron chi connectivity index (χ3n) is 4.49. The minimum Gasteiger partial charge on any atom is -0.503 e. The number of phenols is 1. The first kappa shape index (κ1) is 13.7. The van der Waals surface area contributed by atoms with Gasteiger partial charge in [-0.25, -0.2) is 8.78 Å². The Morgan fingerprint density at radius 1 is 1.29 bits per heavy atom. The lowest BCUT2D eigenvalue weighted by Crippen LogP contribution is -2.15. The predicted octanol–water partition coefficient (Wildman–Crippen LogP) is 3.51.